The predicted octanol–water partition coefficient (Wildman–Crippen LogP) is 2.20. The average molecular weight is 262 g/mol. The van der Waals surface area contributed by atoms with Gasteiger partial charge in [-0.3, -0.25) is 4.79 Å². The molecule has 0 spiro atoms. The number of rotatable bonds is 6. The number of hydrogen-bond donors (Lipinski definition) is 2. The van der Waals surface area contributed by atoms with Gasteiger partial charge in [-0.05, 0) is 43.4 Å². The van der Waals surface area contributed by atoms with Gasteiger partial charge in [0.1, 0.15) is 0 Å². The molecule has 0 bridgehead atoms. The van der Waals surface area contributed by atoms with Crippen molar-refractivity contribution in [3.05, 3.63) is 29.3 Å². The molecule has 0 atom stereocenters. The van der Waals surface area contributed by atoms with Crippen LogP contribution in [0.4, 0.5) is 5.69 Å². The number of nitrogens with one attached hydrogen (secondary N) is 2. The Morgan fingerprint density at radius 2 is 2.32 bits per heavy atom. The largest absolute Gasteiger partial charge is 0.385 e. The zero-order valence-corrected chi connectivity index (χ0v) is 11.5. The lowest BCUT2D eigenvalue weighted by Gasteiger charge is -2.20. The third-order valence-electron chi connectivity index (χ3n) is 3.40. The highest BCUT2D eigenvalue weighted by Gasteiger charge is 2.16. The SMILES string of the molecule is COCCCCNC(=O)c1cccc2c1CCCN2. The average Bonchev–Trinajstić information content (AvgIpc) is 2.46. The molecule has 104 valence electrons. The third-order valence-corrected chi connectivity index (χ3v) is 3.40. The Bertz CT molecular complexity index is 432. The standard InChI is InChI=1S/C15H22N2O2/c1-19-11-3-2-9-17-15(18)13-6-4-8-14-12(13)7-5-10-16-14/h4,6,8,16H,2-3,5,7,9-11H2,1H3,(H,17,18). The highest BCUT2D eigenvalue weighted by atomic mass is 16.5. The van der Waals surface area contributed by atoms with Gasteiger partial charge in [-0.1, -0.05) is 6.07 Å². The van der Waals surface area contributed by atoms with E-state index < -0.39 is 0 Å². The second-order valence-electron chi connectivity index (χ2n) is 4.82. The van der Waals surface area contributed by atoms with E-state index in [0.29, 0.717) is 6.54 Å². The van der Waals surface area contributed by atoms with Crippen molar-refractivity contribution in [2.75, 3.05) is 32.1 Å². The van der Waals surface area contributed by atoms with Gasteiger partial charge in [0.2, 0.25) is 0 Å². The minimum atomic E-state index is 0.0398. The van der Waals surface area contributed by atoms with Crippen LogP contribution < -0.4 is 10.6 Å². The van der Waals surface area contributed by atoms with E-state index in [4.69, 9.17) is 4.74 Å². The monoisotopic (exact) mass is 262 g/mol. The number of carbonyl (C=O) groups is 1. The Morgan fingerprint density at radius 3 is 3.16 bits per heavy atom. The molecule has 2 rings (SSSR count). The van der Waals surface area contributed by atoms with Gasteiger partial charge in [-0.2, -0.15) is 0 Å². The maximum atomic E-state index is 12.2. The lowest BCUT2D eigenvalue weighted by molar-refractivity contribution is 0.0950. The normalized spacial score (nSPS) is 13.5. The molecule has 4 heteroatoms. The minimum Gasteiger partial charge on any atom is -0.385 e. The molecule has 1 heterocycles. The highest BCUT2D eigenvalue weighted by Crippen LogP contribution is 2.25. The Morgan fingerprint density at radius 1 is 1.42 bits per heavy atom. The zero-order valence-electron chi connectivity index (χ0n) is 11.5. The Hall–Kier alpha value is -1.55. The summed E-state index contributed by atoms with van der Waals surface area (Å²) < 4.78 is 4.99. The summed E-state index contributed by atoms with van der Waals surface area (Å²) in [6.45, 7) is 2.45. The van der Waals surface area contributed by atoms with Gasteiger partial charge in [-0.25, -0.2) is 0 Å². The molecule has 1 aromatic rings. The predicted molar refractivity (Wildman–Crippen MR) is 76.7 cm³/mol. The third kappa shape index (κ3) is 3.70. The fourth-order valence-corrected chi connectivity index (χ4v) is 2.39. The van der Waals surface area contributed by atoms with E-state index in [9.17, 15) is 4.79 Å². The van der Waals surface area contributed by atoms with Crippen molar-refractivity contribution in [1.82, 2.24) is 5.32 Å². The molecule has 1 amide bonds. The topological polar surface area (TPSA) is 50.4 Å². The molecule has 4 nitrogen and oxygen atoms in total. The second-order valence-corrected chi connectivity index (χ2v) is 4.82. The fraction of sp³-hybridized carbons (Fsp3) is 0.533. The molecule has 1 aliphatic heterocycles. The van der Waals surface area contributed by atoms with Crippen molar-refractivity contribution in [2.45, 2.75) is 25.7 Å². The number of benzene rings is 1. The smallest absolute Gasteiger partial charge is 0.251 e. The summed E-state index contributed by atoms with van der Waals surface area (Å²) in [6.07, 6.45) is 4.00. The maximum absolute atomic E-state index is 12.2. The van der Waals surface area contributed by atoms with Crippen molar-refractivity contribution in [1.29, 1.82) is 0 Å². The molecule has 0 fully saturated rings. The molecule has 0 aliphatic carbocycles. The van der Waals surface area contributed by atoms with Crippen LogP contribution in [0.1, 0.15) is 35.2 Å². The molecule has 2 N–H and O–H groups in total. The Balaban J connectivity index is 1.92. The molecule has 0 unspecified atom stereocenters. The molecule has 1 aliphatic rings. The lowest BCUT2D eigenvalue weighted by atomic mass is 9.97. The van der Waals surface area contributed by atoms with Gasteiger partial charge >= 0.3 is 0 Å². The molecule has 0 radical (unpaired) electrons. The first-order chi connectivity index (χ1) is 9.33. The number of carbonyl (C=O) groups excluding carboxylic acids is 1. The molecule has 0 saturated carbocycles. The van der Waals surface area contributed by atoms with E-state index in [0.717, 1.165) is 55.6 Å². The van der Waals surface area contributed by atoms with Gasteiger partial charge < -0.3 is 15.4 Å². The number of hydrogen-bond acceptors (Lipinski definition) is 3. The van der Waals surface area contributed by atoms with Crippen LogP contribution in [0, 0.1) is 0 Å². The van der Waals surface area contributed by atoms with Crippen LogP contribution >= 0.6 is 0 Å². The quantitative estimate of drug-likeness (QED) is 0.773. The molecule has 1 aromatic carbocycles. The van der Waals surface area contributed by atoms with Crippen LogP contribution in [-0.4, -0.2) is 32.7 Å². The van der Waals surface area contributed by atoms with Crippen LogP contribution in [-0.2, 0) is 11.2 Å². The fourth-order valence-electron chi connectivity index (χ4n) is 2.39. The first-order valence-corrected chi connectivity index (χ1v) is 6.96. The molecule has 0 saturated heterocycles. The van der Waals surface area contributed by atoms with E-state index in [1.165, 1.54) is 0 Å². The minimum absolute atomic E-state index is 0.0398. The lowest BCUT2D eigenvalue weighted by Crippen LogP contribution is -2.27. The van der Waals surface area contributed by atoms with E-state index >= 15 is 0 Å². The molecule has 0 aromatic heterocycles. The zero-order chi connectivity index (χ0) is 13.5. The number of methoxy groups -OCH3 is 1. The van der Waals surface area contributed by atoms with Crippen LogP contribution in [0.2, 0.25) is 0 Å². The van der Waals surface area contributed by atoms with Crippen molar-refractivity contribution in [3.8, 4) is 0 Å². The van der Waals surface area contributed by atoms with E-state index in [2.05, 4.69) is 10.6 Å². The Kier molecular flexibility index (Phi) is 5.21. The highest BCUT2D eigenvalue weighted by molar-refractivity contribution is 5.97. The summed E-state index contributed by atoms with van der Waals surface area (Å²) in [5.41, 5.74) is 3.08. The van der Waals surface area contributed by atoms with Gasteiger partial charge in [0, 0.05) is 38.1 Å². The Labute approximate surface area is 114 Å². The number of anilines is 1. The van der Waals surface area contributed by atoms with E-state index in [-0.39, 0.29) is 5.91 Å². The number of amides is 1. The van der Waals surface area contributed by atoms with Gasteiger partial charge in [0.15, 0.2) is 0 Å². The van der Waals surface area contributed by atoms with E-state index in [1.807, 2.05) is 18.2 Å². The summed E-state index contributed by atoms with van der Waals surface area (Å²) in [4.78, 5) is 12.2. The summed E-state index contributed by atoms with van der Waals surface area (Å²) in [5.74, 6) is 0.0398. The second kappa shape index (κ2) is 7.14. The van der Waals surface area contributed by atoms with Crippen LogP contribution in [0.25, 0.3) is 0 Å². The van der Waals surface area contributed by atoms with Gasteiger partial charge in [-0.15, -0.1) is 0 Å². The first-order valence-electron chi connectivity index (χ1n) is 6.96. The van der Waals surface area contributed by atoms with Crippen molar-refractivity contribution in [3.63, 3.8) is 0 Å². The van der Waals surface area contributed by atoms with Crippen LogP contribution in [0.5, 0.6) is 0 Å². The molecule has 19 heavy (non-hydrogen) atoms. The van der Waals surface area contributed by atoms with Gasteiger partial charge in [0.05, 0.1) is 0 Å². The van der Waals surface area contributed by atoms with Crippen LogP contribution in [0.3, 0.4) is 0 Å². The van der Waals surface area contributed by atoms with Crippen molar-refractivity contribution < 1.29 is 9.53 Å². The van der Waals surface area contributed by atoms with Crippen LogP contribution in [0.15, 0.2) is 18.2 Å². The molecular weight excluding hydrogens is 240 g/mol. The maximum Gasteiger partial charge on any atom is 0.251 e. The van der Waals surface area contributed by atoms with Gasteiger partial charge in [0.25, 0.3) is 5.91 Å². The van der Waals surface area contributed by atoms with Crippen molar-refractivity contribution in [2.24, 2.45) is 0 Å². The number of ether oxygens (including phenoxy) is 1. The summed E-state index contributed by atoms with van der Waals surface area (Å²) >= 11 is 0. The van der Waals surface area contributed by atoms with E-state index in [1.54, 1.807) is 7.11 Å². The summed E-state index contributed by atoms with van der Waals surface area (Å²) in [7, 11) is 1.70. The summed E-state index contributed by atoms with van der Waals surface area (Å²) in [5, 5.41) is 6.33. The first kappa shape index (κ1) is 13.9. The molecular formula is C15H22N2O2. The number of unbranched alkanes of at least 4 members (excludes halogenated alkanes) is 1. The van der Waals surface area contributed by atoms with Crippen molar-refractivity contribution >= 4 is 11.6 Å². The summed E-state index contributed by atoms with van der Waals surface area (Å²) in [6, 6.07) is 5.90. The number of fused-ring (bicyclic) bond motifs is 1.